The number of pyridine rings is 1. The Balaban J connectivity index is 1.99. The van der Waals surface area contributed by atoms with Crippen molar-refractivity contribution >= 4 is 5.82 Å². The maximum absolute atomic E-state index is 8.85. The van der Waals surface area contributed by atoms with Gasteiger partial charge >= 0.3 is 0 Å². The fourth-order valence-corrected chi connectivity index (χ4v) is 1.91. The van der Waals surface area contributed by atoms with Crippen LogP contribution in [0.2, 0.25) is 0 Å². The highest BCUT2D eigenvalue weighted by molar-refractivity contribution is 5.62. The minimum atomic E-state index is 0.234. The summed E-state index contributed by atoms with van der Waals surface area (Å²) in [6.45, 7) is 0. The molecule has 96 valence electrons. The number of benzene rings is 1. The van der Waals surface area contributed by atoms with Crippen molar-refractivity contribution in [1.29, 1.82) is 5.26 Å². The first kappa shape index (κ1) is 11.9. The molecule has 3 aromatic rings. The zero-order chi connectivity index (χ0) is 13.9. The van der Waals surface area contributed by atoms with Gasteiger partial charge in [0.15, 0.2) is 0 Å². The molecular weight excluding hydrogens is 250 g/mol. The largest absolute Gasteiger partial charge is 0.383 e. The number of anilines is 1. The second kappa shape index (κ2) is 4.86. The van der Waals surface area contributed by atoms with E-state index in [0.717, 1.165) is 11.3 Å². The Kier molecular flexibility index (Phi) is 2.90. The molecule has 20 heavy (non-hydrogen) atoms. The Morgan fingerprint density at radius 3 is 2.60 bits per heavy atom. The molecule has 0 aliphatic heterocycles. The van der Waals surface area contributed by atoms with Gasteiger partial charge in [-0.05, 0) is 24.3 Å². The molecular formula is C15H11N5. The van der Waals surface area contributed by atoms with Crippen LogP contribution in [0.3, 0.4) is 0 Å². The predicted octanol–water partition coefficient (Wildman–Crippen LogP) is 2.39. The summed E-state index contributed by atoms with van der Waals surface area (Å²) in [7, 11) is 0. The molecule has 5 heteroatoms. The average molecular weight is 261 g/mol. The quantitative estimate of drug-likeness (QED) is 0.768. The summed E-state index contributed by atoms with van der Waals surface area (Å²) in [5.41, 5.74) is 8.63. The van der Waals surface area contributed by atoms with Gasteiger partial charge in [-0.25, -0.2) is 9.67 Å². The van der Waals surface area contributed by atoms with Crippen LogP contribution in [-0.4, -0.2) is 14.8 Å². The molecule has 0 amide bonds. The molecule has 5 nitrogen and oxygen atoms in total. The maximum Gasteiger partial charge on any atom is 0.142 e. The minimum absolute atomic E-state index is 0.234. The van der Waals surface area contributed by atoms with Crippen LogP contribution in [0.15, 0.2) is 54.9 Å². The second-order valence-corrected chi connectivity index (χ2v) is 4.25. The number of para-hydroxylation sites is 1. The van der Waals surface area contributed by atoms with E-state index in [1.54, 1.807) is 23.0 Å². The first-order chi connectivity index (χ1) is 9.78. The molecule has 3 rings (SSSR count). The van der Waals surface area contributed by atoms with Gasteiger partial charge in [-0.3, -0.25) is 0 Å². The van der Waals surface area contributed by atoms with E-state index >= 15 is 0 Å². The van der Waals surface area contributed by atoms with Gasteiger partial charge in [0, 0.05) is 11.8 Å². The molecule has 0 radical (unpaired) electrons. The number of rotatable bonds is 2. The molecule has 0 spiro atoms. The molecule has 0 unspecified atom stereocenters. The topological polar surface area (TPSA) is 80.5 Å². The molecule has 0 aliphatic rings. The Morgan fingerprint density at radius 1 is 1.10 bits per heavy atom. The Morgan fingerprint density at radius 2 is 1.90 bits per heavy atom. The highest BCUT2D eigenvalue weighted by Crippen LogP contribution is 2.20. The highest BCUT2D eigenvalue weighted by Gasteiger charge is 2.07. The average Bonchev–Trinajstić information content (AvgIpc) is 2.98. The van der Waals surface area contributed by atoms with E-state index in [1.165, 1.54) is 0 Å². The van der Waals surface area contributed by atoms with Crippen molar-refractivity contribution in [2.24, 2.45) is 0 Å². The summed E-state index contributed by atoms with van der Waals surface area (Å²) in [6, 6.07) is 15.2. The Labute approximate surface area is 115 Å². The van der Waals surface area contributed by atoms with E-state index < -0.39 is 0 Å². The molecule has 0 aliphatic carbocycles. The van der Waals surface area contributed by atoms with Crippen molar-refractivity contribution in [3.05, 3.63) is 60.4 Å². The number of nitriles is 1. The summed E-state index contributed by atoms with van der Waals surface area (Å²) in [5, 5.41) is 13.2. The number of hydrogen-bond donors (Lipinski definition) is 1. The third kappa shape index (κ3) is 2.10. The number of aromatic nitrogens is 3. The number of nitrogens with zero attached hydrogens (tertiary/aromatic N) is 4. The Bertz CT molecular complexity index is 784. The van der Waals surface area contributed by atoms with Crippen molar-refractivity contribution in [3.63, 3.8) is 0 Å². The van der Waals surface area contributed by atoms with E-state index in [2.05, 4.69) is 10.1 Å². The molecule has 0 bridgehead atoms. The monoisotopic (exact) mass is 261 g/mol. The molecule has 0 fully saturated rings. The van der Waals surface area contributed by atoms with Crippen molar-refractivity contribution in [2.75, 3.05) is 5.73 Å². The minimum Gasteiger partial charge on any atom is -0.383 e. The lowest BCUT2D eigenvalue weighted by molar-refractivity contribution is 0.881. The third-order valence-electron chi connectivity index (χ3n) is 2.94. The summed E-state index contributed by atoms with van der Waals surface area (Å²) < 4.78 is 1.77. The van der Waals surface area contributed by atoms with Crippen LogP contribution >= 0.6 is 0 Å². The molecule has 2 N–H and O–H groups in total. The molecule has 2 heterocycles. The van der Waals surface area contributed by atoms with E-state index in [-0.39, 0.29) is 5.82 Å². The van der Waals surface area contributed by atoms with Gasteiger partial charge in [0.25, 0.3) is 0 Å². The Hall–Kier alpha value is -3.13. The lowest BCUT2D eigenvalue weighted by Crippen LogP contribution is -1.96. The van der Waals surface area contributed by atoms with Crippen molar-refractivity contribution in [3.8, 4) is 23.0 Å². The van der Waals surface area contributed by atoms with Crippen LogP contribution < -0.4 is 5.73 Å². The number of hydrogen-bond acceptors (Lipinski definition) is 4. The zero-order valence-electron chi connectivity index (χ0n) is 10.6. The number of nitrogens with two attached hydrogens (primary N) is 1. The summed E-state index contributed by atoms with van der Waals surface area (Å²) in [5.74, 6) is 0.234. The fourth-order valence-electron chi connectivity index (χ4n) is 1.91. The lowest BCUT2D eigenvalue weighted by atomic mass is 10.2. The third-order valence-corrected chi connectivity index (χ3v) is 2.94. The van der Waals surface area contributed by atoms with Crippen LogP contribution in [0, 0.1) is 11.3 Å². The van der Waals surface area contributed by atoms with Crippen LogP contribution in [0.5, 0.6) is 0 Å². The summed E-state index contributed by atoms with van der Waals surface area (Å²) >= 11 is 0. The van der Waals surface area contributed by atoms with Crippen LogP contribution in [0.4, 0.5) is 5.82 Å². The standard InChI is InChI=1S/C15H11N5/c16-8-11-6-7-14(19-15(11)17)12-9-18-20(10-12)13-4-2-1-3-5-13/h1-7,9-10H,(H2,17,19). The first-order valence-corrected chi connectivity index (χ1v) is 6.05. The first-order valence-electron chi connectivity index (χ1n) is 6.05. The number of nitrogen functional groups attached to an aromatic ring is 1. The molecule has 0 saturated heterocycles. The van der Waals surface area contributed by atoms with Gasteiger partial charge in [0.2, 0.25) is 0 Å². The van der Waals surface area contributed by atoms with E-state index in [9.17, 15) is 0 Å². The molecule has 1 aromatic carbocycles. The summed E-state index contributed by atoms with van der Waals surface area (Å²) in [6.07, 6.45) is 3.60. The normalized spacial score (nSPS) is 10.2. The van der Waals surface area contributed by atoms with E-state index in [0.29, 0.717) is 11.3 Å². The second-order valence-electron chi connectivity index (χ2n) is 4.25. The maximum atomic E-state index is 8.85. The van der Waals surface area contributed by atoms with Crippen LogP contribution in [-0.2, 0) is 0 Å². The van der Waals surface area contributed by atoms with Crippen LogP contribution in [0.25, 0.3) is 16.9 Å². The summed E-state index contributed by atoms with van der Waals surface area (Å²) in [4.78, 5) is 4.22. The molecule has 0 atom stereocenters. The van der Waals surface area contributed by atoms with E-state index in [4.69, 9.17) is 11.0 Å². The smallest absolute Gasteiger partial charge is 0.142 e. The fraction of sp³-hybridized carbons (Fsp3) is 0. The molecule has 0 saturated carbocycles. The van der Waals surface area contributed by atoms with Gasteiger partial charge < -0.3 is 5.73 Å². The van der Waals surface area contributed by atoms with Gasteiger partial charge in [0.1, 0.15) is 11.9 Å². The van der Waals surface area contributed by atoms with Crippen molar-refractivity contribution in [1.82, 2.24) is 14.8 Å². The van der Waals surface area contributed by atoms with Crippen molar-refractivity contribution in [2.45, 2.75) is 0 Å². The zero-order valence-corrected chi connectivity index (χ0v) is 10.6. The molecule has 2 aromatic heterocycles. The SMILES string of the molecule is N#Cc1ccc(-c2cnn(-c3ccccc3)c2)nc1N. The van der Waals surface area contributed by atoms with Gasteiger partial charge in [-0.1, -0.05) is 18.2 Å². The highest BCUT2D eigenvalue weighted by atomic mass is 15.3. The van der Waals surface area contributed by atoms with Crippen molar-refractivity contribution < 1.29 is 0 Å². The van der Waals surface area contributed by atoms with Gasteiger partial charge in [-0.15, -0.1) is 0 Å². The lowest BCUT2D eigenvalue weighted by Gasteiger charge is -2.01. The van der Waals surface area contributed by atoms with Gasteiger partial charge in [-0.2, -0.15) is 10.4 Å². The van der Waals surface area contributed by atoms with E-state index in [1.807, 2.05) is 42.6 Å². The van der Waals surface area contributed by atoms with Gasteiger partial charge in [0.05, 0.1) is 23.1 Å². The van der Waals surface area contributed by atoms with Crippen LogP contribution in [0.1, 0.15) is 5.56 Å². The predicted molar refractivity (Wildman–Crippen MR) is 75.9 cm³/mol.